The van der Waals surface area contributed by atoms with Crippen LogP contribution < -0.4 is 10.2 Å². The Bertz CT molecular complexity index is 659. The van der Waals surface area contributed by atoms with Gasteiger partial charge < -0.3 is 15.3 Å². The van der Waals surface area contributed by atoms with Crippen LogP contribution >= 0.6 is 0 Å². The van der Waals surface area contributed by atoms with Crippen LogP contribution in [-0.4, -0.2) is 56.5 Å². The molecule has 2 aromatic rings. The minimum atomic E-state index is -0.132. The van der Waals surface area contributed by atoms with Crippen molar-refractivity contribution in [3.8, 4) is 0 Å². The highest BCUT2D eigenvalue weighted by Gasteiger charge is 2.34. The summed E-state index contributed by atoms with van der Waals surface area (Å²) < 4.78 is 1.60. The monoisotopic (exact) mass is 316 g/mol. The summed E-state index contributed by atoms with van der Waals surface area (Å²) in [6.07, 6.45) is 5.14. The zero-order valence-electron chi connectivity index (χ0n) is 13.0. The van der Waals surface area contributed by atoms with Crippen molar-refractivity contribution >= 4 is 11.9 Å². The Balaban J connectivity index is 1.61. The van der Waals surface area contributed by atoms with Crippen molar-refractivity contribution in [2.75, 3.05) is 24.6 Å². The number of anilines is 1. The molecule has 1 amide bonds. The van der Waals surface area contributed by atoms with Crippen LogP contribution in [0.4, 0.5) is 5.95 Å². The predicted octanol–water partition coefficient (Wildman–Crippen LogP) is -0.405. The highest BCUT2D eigenvalue weighted by atomic mass is 16.3. The lowest BCUT2D eigenvalue weighted by Crippen LogP contribution is -2.43. The number of carbonyl (C=O) groups excluding carboxylic acids is 1. The maximum absolute atomic E-state index is 12.2. The molecule has 1 aliphatic rings. The first-order chi connectivity index (χ1) is 11.2. The first kappa shape index (κ1) is 15.4. The van der Waals surface area contributed by atoms with Crippen molar-refractivity contribution < 1.29 is 9.90 Å². The van der Waals surface area contributed by atoms with Crippen LogP contribution in [0.5, 0.6) is 0 Å². The zero-order chi connectivity index (χ0) is 16.2. The minimum Gasteiger partial charge on any atom is -0.396 e. The van der Waals surface area contributed by atoms with Crippen molar-refractivity contribution in [3.63, 3.8) is 0 Å². The summed E-state index contributed by atoms with van der Waals surface area (Å²) in [5.41, 5.74) is 0.874. The fourth-order valence-electron chi connectivity index (χ4n) is 2.79. The van der Waals surface area contributed by atoms with Gasteiger partial charge in [0.05, 0.1) is 11.7 Å². The predicted molar refractivity (Wildman–Crippen MR) is 83.7 cm³/mol. The van der Waals surface area contributed by atoms with Gasteiger partial charge >= 0.3 is 0 Å². The van der Waals surface area contributed by atoms with Crippen LogP contribution in [0.1, 0.15) is 5.69 Å². The molecule has 2 atom stereocenters. The SMILES string of the molecule is Cc1ccn(CC(=O)N[C@@H]2CN(c3ncccn3)C[C@H]2CO)n1. The quantitative estimate of drug-likeness (QED) is 0.779. The van der Waals surface area contributed by atoms with Crippen LogP contribution in [0.3, 0.4) is 0 Å². The van der Waals surface area contributed by atoms with Gasteiger partial charge in [-0.3, -0.25) is 9.48 Å². The molecule has 0 unspecified atom stereocenters. The molecule has 3 heterocycles. The molecule has 2 aromatic heterocycles. The second-order valence-electron chi connectivity index (χ2n) is 5.73. The lowest BCUT2D eigenvalue weighted by Gasteiger charge is -2.17. The standard InChI is InChI=1S/C15H20N6O2/c1-11-3-6-21(19-11)9-14(23)18-13-8-20(7-12(13)10-22)15-16-4-2-5-17-15/h2-6,12-13,22H,7-10H2,1H3,(H,18,23)/t12-,13+/m0/s1. The molecular formula is C15H20N6O2. The third-order valence-corrected chi connectivity index (χ3v) is 3.94. The number of nitrogens with one attached hydrogen (secondary N) is 1. The number of amides is 1. The summed E-state index contributed by atoms with van der Waals surface area (Å²) >= 11 is 0. The molecule has 0 aliphatic carbocycles. The maximum Gasteiger partial charge on any atom is 0.242 e. The van der Waals surface area contributed by atoms with Crippen molar-refractivity contribution in [3.05, 3.63) is 36.4 Å². The lowest BCUT2D eigenvalue weighted by atomic mass is 10.1. The smallest absolute Gasteiger partial charge is 0.242 e. The number of aromatic nitrogens is 4. The third kappa shape index (κ3) is 3.65. The van der Waals surface area contributed by atoms with E-state index in [0.29, 0.717) is 19.0 Å². The van der Waals surface area contributed by atoms with E-state index in [9.17, 15) is 9.90 Å². The Morgan fingerprint density at radius 2 is 2.17 bits per heavy atom. The number of carbonyl (C=O) groups is 1. The molecule has 0 radical (unpaired) electrons. The molecular weight excluding hydrogens is 296 g/mol. The van der Waals surface area contributed by atoms with Gasteiger partial charge in [-0.15, -0.1) is 0 Å². The van der Waals surface area contributed by atoms with E-state index >= 15 is 0 Å². The van der Waals surface area contributed by atoms with Gasteiger partial charge in [0.25, 0.3) is 0 Å². The van der Waals surface area contributed by atoms with E-state index in [1.807, 2.05) is 17.9 Å². The summed E-state index contributed by atoms with van der Waals surface area (Å²) in [7, 11) is 0. The van der Waals surface area contributed by atoms with Crippen LogP contribution in [0.25, 0.3) is 0 Å². The Labute approximate surface area is 134 Å². The van der Waals surface area contributed by atoms with E-state index in [0.717, 1.165) is 5.69 Å². The van der Waals surface area contributed by atoms with Gasteiger partial charge in [-0.25, -0.2) is 9.97 Å². The van der Waals surface area contributed by atoms with E-state index < -0.39 is 0 Å². The van der Waals surface area contributed by atoms with E-state index in [1.54, 1.807) is 29.3 Å². The zero-order valence-corrected chi connectivity index (χ0v) is 13.0. The number of rotatable bonds is 5. The largest absolute Gasteiger partial charge is 0.396 e. The normalized spacial score (nSPS) is 20.7. The summed E-state index contributed by atoms with van der Waals surface area (Å²) in [4.78, 5) is 22.6. The number of nitrogens with zero attached hydrogens (tertiary/aromatic N) is 5. The summed E-state index contributed by atoms with van der Waals surface area (Å²) in [6, 6.07) is 3.48. The molecule has 1 aliphatic heterocycles. The molecule has 8 nitrogen and oxygen atoms in total. The van der Waals surface area contributed by atoms with Crippen LogP contribution in [-0.2, 0) is 11.3 Å². The Kier molecular flexibility index (Phi) is 4.52. The van der Waals surface area contributed by atoms with Crippen molar-refractivity contribution in [1.82, 2.24) is 25.1 Å². The van der Waals surface area contributed by atoms with Crippen LogP contribution in [0.15, 0.2) is 30.7 Å². The fraction of sp³-hybridized carbons (Fsp3) is 0.467. The molecule has 0 bridgehead atoms. The van der Waals surface area contributed by atoms with E-state index in [4.69, 9.17) is 0 Å². The second-order valence-corrected chi connectivity index (χ2v) is 5.73. The first-order valence-corrected chi connectivity index (χ1v) is 7.58. The highest BCUT2D eigenvalue weighted by molar-refractivity contribution is 5.76. The summed E-state index contributed by atoms with van der Waals surface area (Å²) in [5, 5.41) is 16.8. The van der Waals surface area contributed by atoms with Gasteiger partial charge in [0.1, 0.15) is 6.54 Å². The fourth-order valence-corrected chi connectivity index (χ4v) is 2.79. The molecule has 8 heteroatoms. The minimum absolute atomic E-state index is 0.00909. The Morgan fingerprint density at radius 1 is 1.39 bits per heavy atom. The molecule has 122 valence electrons. The molecule has 1 saturated heterocycles. The molecule has 23 heavy (non-hydrogen) atoms. The van der Waals surface area contributed by atoms with E-state index in [1.165, 1.54) is 0 Å². The molecule has 3 rings (SSSR count). The molecule has 0 aromatic carbocycles. The number of aryl methyl sites for hydroxylation is 1. The van der Waals surface area contributed by atoms with Crippen LogP contribution in [0.2, 0.25) is 0 Å². The maximum atomic E-state index is 12.2. The van der Waals surface area contributed by atoms with Crippen molar-refractivity contribution in [1.29, 1.82) is 0 Å². The number of aliphatic hydroxyl groups excluding tert-OH is 1. The molecule has 1 fully saturated rings. The first-order valence-electron chi connectivity index (χ1n) is 7.58. The van der Waals surface area contributed by atoms with Gasteiger partial charge in [-0.1, -0.05) is 0 Å². The van der Waals surface area contributed by atoms with Crippen molar-refractivity contribution in [2.45, 2.75) is 19.5 Å². The third-order valence-electron chi connectivity index (χ3n) is 3.94. The molecule has 0 saturated carbocycles. The number of hydrogen-bond acceptors (Lipinski definition) is 6. The Morgan fingerprint density at radius 3 is 2.83 bits per heavy atom. The second kappa shape index (κ2) is 6.74. The lowest BCUT2D eigenvalue weighted by molar-refractivity contribution is -0.122. The van der Waals surface area contributed by atoms with Crippen LogP contribution in [0, 0.1) is 12.8 Å². The summed E-state index contributed by atoms with van der Waals surface area (Å²) in [6.45, 7) is 3.26. The van der Waals surface area contributed by atoms with Gasteiger partial charge in [-0.2, -0.15) is 5.10 Å². The molecule has 0 spiro atoms. The van der Waals surface area contributed by atoms with Gasteiger partial charge in [0.15, 0.2) is 0 Å². The average molecular weight is 316 g/mol. The molecule has 2 N–H and O–H groups in total. The summed E-state index contributed by atoms with van der Waals surface area (Å²) in [5.74, 6) is 0.458. The van der Waals surface area contributed by atoms with E-state index in [-0.39, 0.29) is 31.0 Å². The van der Waals surface area contributed by atoms with Gasteiger partial charge in [0, 0.05) is 44.2 Å². The number of aliphatic hydroxyl groups is 1. The highest BCUT2D eigenvalue weighted by Crippen LogP contribution is 2.20. The average Bonchev–Trinajstić information content (AvgIpc) is 3.14. The van der Waals surface area contributed by atoms with E-state index in [2.05, 4.69) is 20.4 Å². The van der Waals surface area contributed by atoms with Gasteiger partial charge in [-0.05, 0) is 19.1 Å². The topological polar surface area (TPSA) is 96.2 Å². The Hall–Kier alpha value is -2.48. The van der Waals surface area contributed by atoms with Crippen molar-refractivity contribution in [2.24, 2.45) is 5.92 Å². The van der Waals surface area contributed by atoms with Gasteiger partial charge in [0.2, 0.25) is 11.9 Å². The number of hydrogen-bond donors (Lipinski definition) is 2.